The Hall–Kier alpha value is -2.12. The average molecular weight is 254 g/mol. The van der Waals surface area contributed by atoms with E-state index >= 15 is 0 Å². The maximum Gasteiger partial charge on any atom is 0.0991 e. The fourth-order valence-electron chi connectivity index (χ4n) is 1.90. The van der Waals surface area contributed by atoms with E-state index in [0.717, 1.165) is 29.9 Å². The van der Waals surface area contributed by atoms with Gasteiger partial charge in [-0.1, -0.05) is 26.0 Å². The first-order valence-electron chi connectivity index (χ1n) is 6.44. The summed E-state index contributed by atoms with van der Waals surface area (Å²) >= 11 is 0. The smallest absolute Gasteiger partial charge is 0.0991 e. The van der Waals surface area contributed by atoms with Gasteiger partial charge in [0, 0.05) is 12.1 Å². The van der Waals surface area contributed by atoms with Gasteiger partial charge in [0.05, 0.1) is 23.5 Å². The fourth-order valence-corrected chi connectivity index (χ4v) is 1.90. The summed E-state index contributed by atoms with van der Waals surface area (Å²) in [5.74, 6) is 0.630. The van der Waals surface area contributed by atoms with Gasteiger partial charge in [-0.2, -0.15) is 10.4 Å². The number of nitriles is 1. The van der Waals surface area contributed by atoms with E-state index in [2.05, 4.69) is 35.4 Å². The van der Waals surface area contributed by atoms with Crippen LogP contribution < -0.4 is 5.32 Å². The van der Waals surface area contributed by atoms with Crippen LogP contribution in [0, 0.1) is 17.2 Å². The third kappa shape index (κ3) is 3.43. The van der Waals surface area contributed by atoms with Crippen LogP contribution in [0.1, 0.15) is 25.0 Å². The molecule has 0 aliphatic rings. The fraction of sp³-hybridized carbons (Fsp3) is 0.333. The molecule has 1 aromatic carbocycles. The lowest BCUT2D eigenvalue weighted by Crippen LogP contribution is -2.19. The number of hydrogen-bond acceptors (Lipinski definition) is 3. The molecule has 0 saturated carbocycles. The number of nitrogens with zero attached hydrogens (tertiary/aromatic N) is 2. The lowest BCUT2D eigenvalue weighted by molar-refractivity contribution is 0.553. The summed E-state index contributed by atoms with van der Waals surface area (Å²) in [4.78, 5) is 0. The van der Waals surface area contributed by atoms with Gasteiger partial charge < -0.3 is 5.32 Å². The summed E-state index contributed by atoms with van der Waals surface area (Å²) in [7, 11) is 0. The molecule has 0 aliphatic heterocycles. The van der Waals surface area contributed by atoms with Crippen molar-refractivity contribution in [3.8, 4) is 17.3 Å². The van der Waals surface area contributed by atoms with Crippen molar-refractivity contribution < 1.29 is 0 Å². The number of benzene rings is 1. The minimum Gasteiger partial charge on any atom is -0.312 e. The Morgan fingerprint density at radius 1 is 1.32 bits per heavy atom. The topological polar surface area (TPSA) is 64.5 Å². The molecular weight excluding hydrogens is 236 g/mol. The van der Waals surface area contributed by atoms with Crippen molar-refractivity contribution >= 4 is 0 Å². The van der Waals surface area contributed by atoms with Gasteiger partial charge >= 0.3 is 0 Å². The Bertz CT molecular complexity index is 561. The lowest BCUT2D eigenvalue weighted by Gasteiger charge is -2.07. The molecule has 98 valence electrons. The molecular formula is C15H18N4. The molecule has 0 unspecified atom stereocenters. The molecule has 0 radical (unpaired) electrons. The zero-order chi connectivity index (χ0) is 13.7. The largest absolute Gasteiger partial charge is 0.312 e. The maximum absolute atomic E-state index is 8.80. The summed E-state index contributed by atoms with van der Waals surface area (Å²) in [6.07, 6.45) is 1.85. The quantitative estimate of drug-likeness (QED) is 0.862. The number of aromatic nitrogens is 2. The molecule has 0 saturated heterocycles. The Kier molecular flexibility index (Phi) is 4.32. The second-order valence-corrected chi connectivity index (χ2v) is 4.98. The first kappa shape index (κ1) is 13.3. The van der Waals surface area contributed by atoms with E-state index in [-0.39, 0.29) is 0 Å². The van der Waals surface area contributed by atoms with Gasteiger partial charge in [0.2, 0.25) is 0 Å². The summed E-state index contributed by atoms with van der Waals surface area (Å²) in [5.41, 5.74) is 3.88. The van der Waals surface area contributed by atoms with Crippen LogP contribution in [0.25, 0.3) is 11.3 Å². The van der Waals surface area contributed by atoms with E-state index < -0.39 is 0 Å². The van der Waals surface area contributed by atoms with Crippen molar-refractivity contribution in [2.24, 2.45) is 5.92 Å². The van der Waals surface area contributed by atoms with Crippen LogP contribution in [0.15, 0.2) is 30.5 Å². The predicted molar refractivity (Wildman–Crippen MR) is 75.3 cm³/mol. The van der Waals surface area contributed by atoms with Crippen LogP contribution in [0.5, 0.6) is 0 Å². The average Bonchev–Trinajstić information content (AvgIpc) is 2.87. The third-order valence-electron chi connectivity index (χ3n) is 2.89. The molecule has 2 rings (SSSR count). The highest BCUT2D eigenvalue weighted by Gasteiger charge is 2.07. The number of hydrogen-bond donors (Lipinski definition) is 2. The molecule has 1 heterocycles. The van der Waals surface area contributed by atoms with E-state index in [1.165, 1.54) is 0 Å². The maximum atomic E-state index is 8.80. The van der Waals surface area contributed by atoms with E-state index in [9.17, 15) is 0 Å². The Morgan fingerprint density at radius 2 is 2.05 bits per heavy atom. The van der Waals surface area contributed by atoms with Crippen LogP contribution in [0.3, 0.4) is 0 Å². The molecule has 1 aromatic heterocycles. The minimum absolute atomic E-state index is 0.630. The number of aromatic amines is 1. The zero-order valence-corrected chi connectivity index (χ0v) is 11.3. The highest BCUT2D eigenvalue weighted by atomic mass is 15.1. The molecule has 0 bridgehead atoms. The molecule has 2 aromatic rings. The first-order chi connectivity index (χ1) is 9.20. The Morgan fingerprint density at radius 3 is 2.68 bits per heavy atom. The molecule has 0 fully saturated rings. The molecule has 0 amide bonds. The molecule has 0 aliphatic carbocycles. The van der Waals surface area contributed by atoms with Gasteiger partial charge in [0.1, 0.15) is 0 Å². The van der Waals surface area contributed by atoms with Gasteiger partial charge in [0.25, 0.3) is 0 Å². The number of nitrogens with one attached hydrogen (secondary N) is 2. The molecule has 2 N–H and O–H groups in total. The van der Waals surface area contributed by atoms with Crippen LogP contribution >= 0.6 is 0 Å². The monoisotopic (exact) mass is 254 g/mol. The highest BCUT2D eigenvalue weighted by Crippen LogP contribution is 2.21. The van der Waals surface area contributed by atoms with E-state index in [1.54, 1.807) is 0 Å². The van der Waals surface area contributed by atoms with Crippen molar-refractivity contribution in [3.63, 3.8) is 0 Å². The summed E-state index contributed by atoms with van der Waals surface area (Å²) < 4.78 is 0. The van der Waals surface area contributed by atoms with Crippen molar-refractivity contribution in [1.29, 1.82) is 5.26 Å². The van der Waals surface area contributed by atoms with E-state index in [1.807, 2.05) is 30.5 Å². The second kappa shape index (κ2) is 6.17. The summed E-state index contributed by atoms with van der Waals surface area (Å²) in [6.45, 7) is 6.15. The standard InChI is InChI=1S/C15H18N4/c1-11(2)8-17-9-14-10-18-19-15(14)13-5-3-12(7-16)4-6-13/h3-6,10-11,17H,8-9H2,1-2H3,(H,18,19). The van der Waals surface area contributed by atoms with Crippen molar-refractivity contribution in [2.75, 3.05) is 6.54 Å². The van der Waals surface area contributed by atoms with Crippen LogP contribution in [0.2, 0.25) is 0 Å². The summed E-state index contributed by atoms with van der Waals surface area (Å²) in [5, 5.41) is 19.3. The molecule has 0 spiro atoms. The molecule has 19 heavy (non-hydrogen) atoms. The van der Waals surface area contributed by atoms with Gasteiger partial charge in [-0.3, -0.25) is 5.10 Å². The van der Waals surface area contributed by atoms with Crippen LogP contribution in [-0.4, -0.2) is 16.7 Å². The van der Waals surface area contributed by atoms with Crippen LogP contribution in [-0.2, 0) is 6.54 Å². The van der Waals surface area contributed by atoms with Gasteiger partial charge in [0.15, 0.2) is 0 Å². The summed E-state index contributed by atoms with van der Waals surface area (Å²) in [6, 6.07) is 9.65. The van der Waals surface area contributed by atoms with Crippen LogP contribution in [0.4, 0.5) is 0 Å². The van der Waals surface area contributed by atoms with E-state index in [0.29, 0.717) is 11.5 Å². The minimum atomic E-state index is 0.630. The van der Waals surface area contributed by atoms with Crippen molar-refractivity contribution in [1.82, 2.24) is 15.5 Å². The normalized spacial score (nSPS) is 10.6. The molecule has 4 heteroatoms. The second-order valence-electron chi connectivity index (χ2n) is 4.98. The SMILES string of the molecule is CC(C)CNCc1cn[nH]c1-c1ccc(C#N)cc1. The van der Waals surface area contributed by atoms with Gasteiger partial charge in [-0.25, -0.2) is 0 Å². The molecule has 4 nitrogen and oxygen atoms in total. The number of H-pyrrole nitrogens is 1. The van der Waals surface area contributed by atoms with Crippen molar-refractivity contribution in [3.05, 3.63) is 41.6 Å². The molecule has 0 atom stereocenters. The van der Waals surface area contributed by atoms with Gasteiger partial charge in [-0.15, -0.1) is 0 Å². The number of rotatable bonds is 5. The Balaban J connectivity index is 2.12. The zero-order valence-electron chi connectivity index (χ0n) is 11.3. The first-order valence-corrected chi connectivity index (χ1v) is 6.44. The lowest BCUT2D eigenvalue weighted by atomic mass is 10.1. The predicted octanol–water partition coefficient (Wildman–Crippen LogP) is 2.69. The third-order valence-corrected chi connectivity index (χ3v) is 2.89. The Labute approximate surface area is 113 Å². The van der Waals surface area contributed by atoms with Gasteiger partial charge in [-0.05, 0) is 30.2 Å². The highest BCUT2D eigenvalue weighted by molar-refractivity contribution is 5.63. The van der Waals surface area contributed by atoms with E-state index in [4.69, 9.17) is 5.26 Å². The van der Waals surface area contributed by atoms with Crippen molar-refractivity contribution in [2.45, 2.75) is 20.4 Å².